The van der Waals surface area contributed by atoms with E-state index in [4.69, 9.17) is 0 Å². The van der Waals surface area contributed by atoms with Crippen LogP contribution in [0.5, 0.6) is 0 Å². The second-order valence-electron chi connectivity index (χ2n) is 6.74. The van der Waals surface area contributed by atoms with E-state index in [1.807, 2.05) is 0 Å². The standard InChI is InChI=1S/C14H30N2/c1-6-7-16-12-8-13(2,3)10-14(4,9-12)11-15-5/h12,15-16H,6-11H2,1-5H3. The van der Waals surface area contributed by atoms with Gasteiger partial charge in [-0.15, -0.1) is 0 Å². The molecule has 1 saturated carbocycles. The predicted octanol–water partition coefficient (Wildman–Crippen LogP) is 2.79. The normalized spacial score (nSPS) is 33.9. The quantitative estimate of drug-likeness (QED) is 0.753. The molecule has 2 heteroatoms. The van der Waals surface area contributed by atoms with Crippen LogP contribution in [0.15, 0.2) is 0 Å². The molecule has 0 aromatic heterocycles. The summed E-state index contributed by atoms with van der Waals surface area (Å²) in [6, 6.07) is 0.710. The van der Waals surface area contributed by atoms with Crippen LogP contribution in [0.1, 0.15) is 53.4 Å². The van der Waals surface area contributed by atoms with Gasteiger partial charge >= 0.3 is 0 Å². The molecule has 1 aliphatic carbocycles. The molecule has 0 amide bonds. The molecule has 1 rings (SSSR count). The fourth-order valence-electron chi connectivity index (χ4n) is 3.69. The van der Waals surface area contributed by atoms with E-state index in [9.17, 15) is 0 Å². The van der Waals surface area contributed by atoms with Crippen LogP contribution in [0.2, 0.25) is 0 Å². The van der Waals surface area contributed by atoms with Crippen LogP contribution in [0.25, 0.3) is 0 Å². The van der Waals surface area contributed by atoms with Gasteiger partial charge in [-0.3, -0.25) is 0 Å². The van der Waals surface area contributed by atoms with Gasteiger partial charge < -0.3 is 10.6 Å². The van der Waals surface area contributed by atoms with Crippen LogP contribution in [-0.2, 0) is 0 Å². The Morgan fingerprint density at radius 3 is 2.44 bits per heavy atom. The highest BCUT2D eigenvalue weighted by atomic mass is 14.9. The third-order valence-corrected chi connectivity index (χ3v) is 3.73. The number of hydrogen-bond donors (Lipinski definition) is 2. The third kappa shape index (κ3) is 4.06. The first-order valence-electron chi connectivity index (χ1n) is 6.79. The van der Waals surface area contributed by atoms with E-state index in [1.54, 1.807) is 0 Å². The zero-order valence-corrected chi connectivity index (χ0v) is 11.8. The van der Waals surface area contributed by atoms with E-state index < -0.39 is 0 Å². The summed E-state index contributed by atoms with van der Waals surface area (Å²) in [4.78, 5) is 0. The highest BCUT2D eigenvalue weighted by Crippen LogP contribution is 2.45. The van der Waals surface area contributed by atoms with E-state index in [2.05, 4.69) is 45.4 Å². The topological polar surface area (TPSA) is 24.1 Å². The first kappa shape index (κ1) is 14.0. The van der Waals surface area contributed by atoms with Crippen LogP contribution in [0.3, 0.4) is 0 Å². The first-order chi connectivity index (χ1) is 7.41. The molecular formula is C14H30N2. The van der Waals surface area contributed by atoms with Crippen molar-refractivity contribution in [3.05, 3.63) is 0 Å². The molecule has 2 N–H and O–H groups in total. The third-order valence-electron chi connectivity index (χ3n) is 3.73. The van der Waals surface area contributed by atoms with Gasteiger partial charge in [-0.1, -0.05) is 27.7 Å². The van der Waals surface area contributed by atoms with Crippen molar-refractivity contribution >= 4 is 0 Å². The van der Waals surface area contributed by atoms with Gasteiger partial charge in [0.2, 0.25) is 0 Å². The molecule has 0 radical (unpaired) electrons. The van der Waals surface area contributed by atoms with Gasteiger partial charge in [-0.05, 0) is 50.1 Å². The Morgan fingerprint density at radius 1 is 1.19 bits per heavy atom. The van der Waals surface area contributed by atoms with Crippen molar-refractivity contribution in [1.29, 1.82) is 0 Å². The molecule has 0 aliphatic heterocycles. The average molecular weight is 226 g/mol. The van der Waals surface area contributed by atoms with Crippen molar-refractivity contribution in [2.75, 3.05) is 20.1 Å². The minimum atomic E-state index is 0.460. The molecule has 2 unspecified atom stereocenters. The number of rotatable bonds is 5. The summed E-state index contributed by atoms with van der Waals surface area (Å²) in [6.07, 6.45) is 5.22. The van der Waals surface area contributed by atoms with E-state index >= 15 is 0 Å². The first-order valence-corrected chi connectivity index (χ1v) is 6.79. The lowest BCUT2D eigenvalue weighted by atomic mass is 9.62. The second-order valence-corrected chi connectivity index (χ2v) is 6.74. The highest BCUT2D eigenvalue weighted by Gasteiger charge is 2.40. The molecule has 96 valence electrons. The molecule has 0 spiro atoms. The Kier molecular flexibility index (Phi) is 4.81. The maximum absolute atomic E-state index is 3.71. The molecule has 0 saturated heterocycles. The average Bonchev–Trinajstić information content (AvgIpc) is 2.11. The molecule has 0 aromatic carbocycles. The largest absolute Gasteiger partial charge is 0.319 e. The Labute approximate surface area is 102 Å². The zero-order chi connectivity index (χ0) is 12.2. The summed E-state index contributed by atoms with van der Waals surface area (Å²) in [6.45, 7) is 11.8. The molecule has 2 nitrogen and oxygen atoms in total. The minimum Gasteiger partial charge on any atom is -0.319 e. The van der Waals surface area contributed by atoms with Gasteiger partial charge in [0.25, 0.3) is 0 Å². The number of hydrogen-bond acceptors (Lipinski definition) is 2. The van der Waals surface area contributed by atoms with Gasteiger partial charge in [0.15, 0.2) is 0 Å². The van der Waals surface area contributed by atoms with Crippen molar-refractivity contribution in [3.63, 3.8) is 0 Å². The molecular weight excluding hydrogens is 196 g/mol. The lowest BCUT2D eigenvalue weighted by molar-refractivity contribution is 0.0720. The van der Waals surface area contributed by atoms with Crippen LogP contribution >= 0.6 is 0 Å². The zero-order valence-electron chi connectivity index (χ0n) is 11.8. The van der Waals surface area contributed by atoms with E-state index in [0.717, 1.165) is 13.1 Å². The summed E-state index contributed by atoms with van der Waals surface area (Å²) in [5.41, 5.74) is 0.942. The van der Waals surface area contributed by atoms with Gasteiger partial charge in [0, 0.05) is 12.6 Å². The van der Waals surface area contributed by atoms with Crippen molar-refractivity contribution in [2.45, 2.75) is 59.4 Å². The summed E-state index contributed by atoms with van der Waals surface area (Å²) in [5, 5.41) is 7.08. The highest BCUT2D eigenvalue weighted by molar-refractivity contribution is 4.95. The molecule has 0 heterocycles. The van der Waals surface area contributed by atoms with Gasteiger partial charge in [0.05, 0.1) is 0 Å². The smallest absolute Gasteiger partial charge is 0.00778 e. The summed E-state index contributed by atoms with van der Waals surface area (Å²) in [7, 11) is 2.07. The molecule has 0 aromatic rings. The van der Waals surface area contributed by atoms with E-state index in [-0.39, 0.29) is 0 Å². The maximum atomic E-state index is 3.71. The van der Waals surface area contributed by atoms with Crippen LogP contribution < -0.4 is 10.6 Å². The van der Waals surface area contributed by atoms with E-state index in [0.29, 0.717) is 16.9 Å². The monoisotopic (exact) mass is 226 g/mol. The fourth-order valence-corrected chi connectivity index (χ4v) is 3.69. The van der Waals surface area contributed by atoms with Crippen LogP contribution in [0, 0.1) is 10.8 Å². The van der Waals surface area contributed by atoms with Gasteiger partial charge in [0.1, 0.15) is 0 Å². The Morgan fingerprint density at radius 2 is 1.88 bits per heavy atom. The van der Waals surface area contributed by atoms with Crippen LogP contribution in [-0.4, -0.2) is 26.2 Å². The van der Waals surface area contributed by atoms with Crippen molar-refractivity contribution in [1.82, 2.24) is 10.6 Å². The molecule has 16 heavy (non-hydrogen) atoms. The Bertz CT molecular complexity index is 213. The van der Waals surface area contributed by atoms with Crippen molar-refractivity contribution < 1.29 is 0 Å². The minimum absolute atomic E-state index is 0.460. The summed E-state index contributed by atoms with van der Waals surface area (Å²) < 4.78 is 0. The van der Waals surface area contributed by atoms with E-state index in [1.165, 1.54) is 25.7 Å². The lowest BCUT2D eigenvalue weighted by Gasteiger charge is -2.47. The second kappa shape index (κ2) is 5.50. The Hall–Kier alpha value is -0.0800. The molecule has 1 fully saturated rings. The van der Waals surface area contributed by atoms with Crippen LogP contribution in [0.4, 0.5) is 0 Å². The lowest BCUT2D eigenvalue weighted by Crippen LogP contribution is -2.48. The van der Waals surface area contributed by atoms with Gasteiger partial charge in [-0.25, -0.2) is 0 Å². The SMILES string of the molecule is CCCNC1CC(C)(C)CC(C)(CNC)C1. The van der Waals surface area contributed by atoms with Gasteiger partial charge in [-0.2, -0.15) is 0 Å². The summed E-state index contributed by atoms with van der Waals surface area (Å²) in [5.74, 6) is 0. The fraction of sp³-hybridized carbons (Fsp3) is 1.00. The van der Waals surface area contributed by atoms with Crippen molar-refractivity contribution in [3.8, 4) is 0 Å². The van der Waals surface area contributed by atoms with Crippen molar-refractivity contribution in [2.24, 2.45) is 10.8 Å². The number of nitrogens with one attached hydrogen (secondary N) is 2. The molecule has 2 atom stereocenters. The summed E-state index contributed by atoms with van der Waals surface area (Å²) >= 11 is 0. The predicted molar refractivity (Wildman–Crippen MR) is 71.7 cm³/mol. The Balaban J connectivity index is 2.61. The maximum Gasteiger partial charge on any atom is 0.00778 e. The molecule has 1 aliphatic rings. The molecule has 0 bridgehead atoms.